The summed E-state index contributed by atoms with van der Waals surface area (Å²) in [5, 5.41) is 11.8. The third-order valence-electron chi connectivity index (χ3n) is 3.13. The lowest BCUT2D eigenvalue weighted by molar-refractivity contribution is -0.122. The molecule has 0 aliphatic rings. The SMILES string of the molecule is O=C(CNc1cccc(C(=O)O)c1)COCc1ccc(F)cc1Br. The van der Waals surface area contributed by atoms with Gasteiger partial charge in [0.1, 0.15) is 12.4 Å². The van der Waals surface area contributed by atoms with Gasteiger partial charge < -0.3 is 15.2 Å². The summed E-state index contributed by atoms with van der Waals surface area (Å²) in [7, 11) is 0. The van der Waals surface area contributed by atoms with Crippen LogP contribution in [0.4, 0.5) is 10.1 Å². The third-order valence-corrected chi connectivity index (χ3v) is 3.87. The highest BCUT2D eigenvalue weighted by Gasteiger charge is 2.07. The Morgan fingerprint density at radius 3 is 2.71 bits per heavy atom. The highest BCUT2D eigenvalue weighted by atomic mass is 79.9. The van der Waals surface area contributed by atoms with Gasteiger partial charge in [-0.05, 0) is 35.9 Å². The van der Waals surface area contributed by atoms with Crippen LogP contribution in [-0.2, 0) is 16.1 Å². The number of benzene rings is 2. The Balaban J connectivity index is 1.77. The Kier molecular flexibility index (Phi) is 6.45. The van der Waals surface area contributed by atoms with Gasteiger partial charge in [-0.1, -0.05) is 28.1 Å². The first-order chi connectivity index (χ1) is 11.5. The number of hydrogen-bond acceptors (Lipinski definition) is 4. The molecular formula is C17H15BrFNO4. The average Bonchev–Trinajstić information content (AvgIpc) is 2.55. The predicted molar refractivity (Wildman–Crippen MR) is 90.7 cm³/mol. The maximum atomic E-state index is 13.0. The molecular weight excluding hydrogens is 381 g/mol. The van der Waals surface area contributed by atoms with E-state index in [4.69, 9.17) is 9.84 Å². The van der Waals surface area contributed by atoms with Crippen LogP contribution in [0.5, 0.6) is 0 Å². The summed E-state index contributed by atoms with van der Waals surface area (Å²) in [6, 6.07) is 10.4. The zero-order valence-electron chi connectivity index (χ0n) is 12.6. The number of Topliss-reactive ketones (excluding diaryl/α,β-unsaturated/α-hetero) is 1. The maximum Gasteiger partial charge on any atom is 0.335 e. The molecule has 2 aromatic rings. The Hall–Kier alpha value is -2.25. The molecule has 24 heavy (non-hydrogen) atoms. The van der Waals surface area contributed by atoms with Crippen molar-refractivity contribution in [3.05, 3.63) is 63.9 Å². The van der Waals surface area contributed by atoms with E-state index < -0.39 is 5.97 Å². The zero-order valence-corrected chi connectivity index (χ0v) is 14.2. The first kappa shape index (κ1) is 18.1. The number of anilines is 1. The molecule has 2 aromatic carbocycles. The van der Waals surface area contributed by atoms with Crippen molar-refractivity contribution in [2.45, 2.75) is 6.61 Å². The van der Waals surface area contributed by atoms with Crippen LogP contribution < -0.4 is 5.32 Å². The molecule has 5 nitrogen and oxygen atoms in total. The number of carbonyl (C=O) groups is 2. The molecule has 0 fully saturated rings. The molecule has 0 saturated carbocycles. The van der Waals surface area contributed by atoms with Crippen molar-refractivity contribution in [2.75, 3.05) is 18.5 Å². The smallest absolute Gasteiger partial charge is 0.335 e. The van der Waals surface area contributed by atoms with Crippen molar-refractivity contribution in [3.63, 3.8) is 0 Å². The van der Waals surface area contributed by atoms with Crippen molar-refractivity contribution in [2.24, 2.45) is 0 Å². The van der Waals surface area contributed by atoms with Crippen LogP contribution in [0.1, 0.15) is 15.9 Å². The van der Waals surface area contributed by atoms with Crippen LogP contribution in [-0.4, -0.2) is 30.0 Å². The molecule has 0 aromatic heterocycles. The van der Waals surface area contributed by atoms with E-state index in [1.54, 1.807) is 18.2 Å². The van der Waals surface area contributed by atoms with Crippen molar-refractivity contribution < 1.29 is 23.8 Å². The van der Waals surface area contributed by atoms with Crippen molar-refractivity contribution in [1.82, 2.24) is 0 Å². The third kappa shape index (κ3) is 5.43. The van der Waals surface area contributed by atoms with Crippen molar-refractivity contribution >= 4 is 33.4 Å². The molecule has 126 valence electrons. The molecule has 2 N–H and O–H groups in total. The van der Waals surface area contributed by atoms with Crippen LogP contribution in [0.15, 0.2) is 46.9 Å². The van der Waals surface area contributed by atoms with Gasteiger partial charge in [0.2, 0.25) is 0 Å². The first-order valence-electron chi connectivity index (χ1n) is 7.06. The normalized spacial score (nSPS) is 10.4. The van der Waals surface area contributed by atoms with E-state index in [-0.39, 0.29) is 36.9 Å². The van der Waals surface area contributed by atoms with E-state index >= 15 is 0 Å². The molecule has 2 rings (SSSR count). The minimum atomic E-state index is -1.03. The van der Waals surface area contributed by atoms with Crippen LogP contribution in [0.25, 0.3) is 0 Å². The fraction of sp³-hybridized carbons (Fsp3) is 0.176. The second kappa shape index (κ2) is 8.56. The van der Waals surface area contributed by atoms with E-state index in [0.29, 0.717) is 10.2 Å². The molecule has 0 radical (unpaired) electrons. The summed E-state index contributed by atoms with van der Waals surface area (Å²) < 4.78 is 18.9. The molecule has 0 saturated heterocycles. The second-order valence-corrected chi connectivity index (χ2v) is 5.86. The Bertz CT molecular complexity index is 751. The minimum Gasteiger partial charge on any atom is -0.478 e. The van der Waals surface area contributed by atoms with Gasteiger partial charge in [0, 0.05) is 10.2 Å². The van der Waals surface area contributed by atoms with Crippen LogP contribution in [0.3, 0.4) is 0 Å². The van der Waals surface area contributed by atoms with Gasteiger partial charge in [-0.25, -0.2) is 9.18 Å². The molecule has 0 heterocycles. The first-order valence-corrected chi connectivity index (χ1v) is 7.85. The Labute approximate surface area is 146 Å². The molecule has 0 unspecified atom stereocenters. The van der Waals surface area contributed by atoms with E-state index in [1.807, 2.05) is 0 Å². The number of nitrogens with one attached hydrogen (secondary N) is 1. The summed E-state index contributed by atoms with van der Waals surface area (Å²) >= 11 is 3.23. The fourth-order valence-electron chi connectivity index (χ4n) is 1.93. The predicted octanol–water partition coefficient (Wildman–Crippen LogP) is 3.48. The van der Waals surface area contributed by atoms with Crippen LogP contribution in [0.2, 0.25) is 0 Å². The number of rotatable bonds is 8. The molecule has 7 heteroatoms. The number of ketones is 1. The largest absolute Gasteiger partial charge is 0.478 e. The monoisotopic (exact) mass is 395 g/mol. The summed E-state index contributed by atoms with van der Waals surface area (Å²) in [5.74, 6) is -1.57. The molecule has 0 atom stereocenters. The number of carbonyl (C=O) groups excluding carboxylic acids is 1. The number of carboxylic acids is 1. The van der Waals surface area contributed by atoms with Crippen LogP contribution in [0, 0.1) is 5.82 Å². The summed E-state index contributed by atoms with van der Waals surface area (Å²) in [4.78, 5) is 22.7. The molecule has 0 bridgehead atoms. The molecule has 0 aliphatic carbocycles. The van der Waals surface area contributed by atoms with Crippen LogP contribution >= 0.6 is 15.9 Å². The van der Waals surface area contributed by atoms with E-state index in [2.05, 4.69) is 21.2 Å². The van der Waals surface area contributed by atoms with Gasteiger partial charge in [-0.3, -0.25) is 4.79 Å². The van der Waals surface area contributed by atoms with Gasteiger partial charge in [0.05, 0.1) is 18.7 Å². The standard InChI is InChI=1S/C17H15BrFNO4/c18-16-7-13(19)5-4-12(16)9-24-10-15(21)8-20-14-3-1-2-11(6-14)17(22)23/h1-7,20H,8-10H2,(H,22,23). The summed E-state index contributed by atoms with van der Waals surface area (Å²) in [6.45, 7) is 0.101. The molecule has 0 spiro atoms. The molecule has 0 amide bonds. The fourth-order valence-corrected chi connectivity index (χ4v) is 2.39. The van der Waals surface area contributed by atoms with Crippen molar-refractivity contribution in [1.29, 1.82) is 0 Å². The zero-order chi connectivity index (χ0) is 17.5. The van der Waals surface area contributed by atoms with Gasteiger partial charge in [-0.15, -0.1) is 0 Å². The number of halogens is 2. The minimum absolute atomic E-state index is 0.0215. The van der Waals surface area contributed by atoms with Gasteiger partial charge in [0.15, 0.2) is 5.78 Å². The maximum absolute atomic E-state index is 13.0. The topological polar surface area (TPSA) is 75.6 Å². The highest BCUT2D eigenvalue weighted by molar-refractivity contribution is 9.10. The van der Waals surface area contributed by atoms with E-state index in [9.17, 15) is 14.0 Å². The second-order valence-electron chi connectivity index (χ2n) is 5.01. The quantitative estimate of drug-likeness (QED) is 0.715. The lowest BCUT2D eigenvalue weighted by atomic mass is 10.2. The van der Waals surface area contributed by atoms with Crippen molar-refractivity contribution in [3.8, 4) is 0 Å². The number of hydrogen-bond donors (Lipinski definition) is 2. The average molecular weight is 396 g/mol. The van der Waals surface area contributed by atoms with E-state index in [1.165, 1.54) is 24.3 Å². The summed E-state index contributed by atoms with van der Waals surface area (Å²) in [6.07, 6.45) is 0. The number of ether oxygens (including phenoxy) is 1. The Morgan fingerprint density at radius 1 is 1.21 bits per heavy atom. The van der Waals surface area contributed by atoms with Gasteiger partial charge >= 0.3 is 5.97 Å². The molecule has 0 aliphatic heterocycles. The Morgan fingerprint density at radius 2 is 2.00 bits per heavy atom. The number of aromatic carboxylic acids is 1. The van der Waals surface area contributed by atoms with Gasteiger partial charge in [-0.2, -0.15) is 0 Å². The number of carboxylic acid groups (broad SMARTS) is 1. The van der Waals surface area contributed by atoms with E-state index in [0.717, 1.165) is 5.56 Å². The van der Waals surface area contributed by atoms with Gasteiger partial charge in [0.25, 0.3) is 0 Å². The lowest BCUT2D eigenvalue weighted by Crippen LogP contribution is -2.19. The highest BCUT2D eigenvalue weighted by Crippen LogP contribution is 2.18. The summed E-state index contributed by atoms with van der Waals surface area (Å²) in [5.41, 5.74) is 1.43. The lowest BCUT2D eigenvalue weighted by Gasteiger charge is -2.08.